The zero-order valence-electron chi connectivity index (χ0n) is 14.7. The van der Waals surface area contributed by atoms with Crippen LogP contribution in [0.1, 0.15) is 61.5 Å². The Morgan fingerprint density at radius 2 is 2.12 bits per heavy atom. The van der Waals surface area contributed by atoms with Crippen molar-refractivity contribution in [3.63, 3.8) is 0 Å². The van der Waals surface area contributed by atoms with Crippen LogP contribution in [0.15, 0.2) is 9.05 Å². The van der Waals surface area contributed by atoms with Gasteiger partial charge in [-0.3, -0.25) is 4.79 Å². The van der Waals surface area contributed by atoms with Gasteiger partial charge in [0.25, 0.3) is 0 Å². The molecule has 1 fully saturated rings. The van der Waals surface area contributed by atoms with Gasteiger partial charge in [0.05, 0.1) is 11.7 Å². The molecule has 7 heteroatoms. The molecule has 0 unspecified atom stereocenters. The Balaban J connectivity index is 1.73. The number of hydrogen-bond acceptors (Lipinski definition) is 6. The molecule has 130 valence electrons. The summed E-state index contributed by atoms with van der Waals surface area (Å²) in [5, 5.41) is 8.03. The van der Waals surface area contributed by atoms with Crippen LogP contribution in [0.2, 0.25) is 0 Å². The van der Waals surface area contributed by atoms with E-state index in [0.717, 1.165) is 36.4 Å². The molecule has 0 saturated carbocycles. The van der Waals surface area contributed by atoms with E-state index in [-0.39, 0.29) is 17.9 Å². The highest BCUT2D eigenvalue weighted by Crippen LogP contribution is 2.32. The predicted molar refractivity (Wildman–Crippen MR) is 86.2 cm³/mol. The van der Waals surface area contributed by atoms with Gasteiger partial charge in [-0.1, -0.05) is 24.2 Å². The van der Waals surface area contributed by atoms with Gasteiger partial charge in [0.1, 0.15) is 5.76 Å². The molecule has 0 aromatic carbocycles. The first kappa shape index (κ1) is 16.7. The van der Waals surface area contributed by atoms with Crippen LogP contribution in [-0.2, 0) is 17.6 Å². The number of aryl methyl sites for hydroxylation is 3. The lowest BCUT2D eigenvalue weighted by atomic mass is 9.98. The Labute approximate surface area is 141 Å². The number of hydrogen-bond donors (Lipinski definition) is 0. The van der Waals surface area contributed by atoms with E-state index in [9.17, 15) is 4.79 Å². The quantitative estimate of drug-likeness (QED) is 0.837. The first-order valence-electron chi connectivity index (χ1n) is 8.56. The molecule has 3 rings (SSSR count). The second-order valence-electron chi connectivity index (χ2n) is 6.50. The van der Waals surface area contributed by atoms with Crippen LogP contribution in [0.4, 0.5) is 0 Å². The van der Waals surface area contributed by atoms with Crippen molar-refractivity contribution in [3.05, 3.63) is 28.7 Å². The van der Waals surface area contributed by atoms with Crippen LogP contribution in [0.25, 0.3) is 0 Å². The average Bonchev–Trinajstić information content (AvgIpc) is 3.29. The van der Waals surface area contributed by atoms with Gasteiger partial charge >= 0.3 is 0 Å². The van der Waals surface area contributed by atoms with Crippen LogP contribution in [0, 0.1) is 19.8 Å². The largest absolute Gasteiger partial charge is 0.361 e. The maximum absolute atomic E-state index is 12.9. The molecule has 1 saturated heterocycles. The number of likely N-dealkylation sites (tertiary alicyclic amines) is 1. The van der Waals surface area contributed by atoms with E-state index >= 15 is 0 Å². The molecule has 2 atom stereocenters. The Morgan fingerprint density at radius 1 is 1.33 bits per heavy atom. The topological polar surface area (TPSA) is 85.3 Å². The zero-order valence-corrected chi connectivity index (χ0v) is 14.7. The second-order valence-corrected chi connectivity index (χ2v) is 6.50. The van der Waals surface area contributed by atoms with Crippen LogP contribution >= 0.6 is 0 Å². The number of carbonyl (C=O) groups is 1. The number of nitrogens with zero attached hydrogens (tertiary/aromatic N) is 4. The van der Waals surface area contributed by atoms with Crippen LogP contribution in [-0.4, -0.2) is 32.6 Å². The minimum absolute atomic E-state index is 0.0753. The van der Waals surface area contributed by atoms with Crippen molar-refractivity contribution < 1.29 is 13.8 Å². The second kappa shape index (κ2) is 6.75. The fourth-order valence-corrected chi connectivity index (χ4v) is 3.32. The monoisotopic (exact) mass is 332 g/mol. The molecule has 1 amide bonds. The summed E-state index contributed by atoms with van der Waals surface area (Å²) in [5.41, 5.74) is 1.88. The smallest absolute Gasteiger partial charge is 0.226 e. The summed E-state index contributed by atoms with van der Waals surface area (Å²) in [6.07, 6.45) is 3.18. The van der Waals surface area contributed by atoms with E-state index in [4.69, 9.17) is 9.05 Å². The minimum Gasteiger partial charge on any atom is -0.361 e. The number of carbonyl (C=O) groups excluding carboxylic acids is 1. The van der Waals surface area contributed by atoms with Gasteiger partial charge in [0.2, 0.25) is 11.8 Å². The summed E-state index contributed by atoms with van der Waals surface area (Å²) in [5.74, 6) is 2.02. The lowest BCUT2D eigenvalue weighted by Crippen LogP contribution is -2.36. The van der Waals surface area contributed by atoms with Gasteiger partial charge in [-0.25, -0.2) is 0 Å². The molecule has 2 aromatic heterocycles. The molecule has 0 N–H and O–H groups in total. The Morgan fingerprint density at radius 3 is 2.75 bits per heavy atom. The predicted octanol–water partition coefficient (Wildman–Crippen LogP) is 2.78. The highest BCUT2D eigenvalue weighted by Gasteiger charge is 2.35. The third-order valence-corrected chi connectivity index (χ3v) is 4.73. The highest BCUT2D eigenvalue weighted by atomic mass is 16.5. The van der Waals surface area contributed by atoms with E-state index < -0.39 is 0 Å². The fraction of sp³-hybridized carbons (Fsp3) is 0.647. The first-order chi connectivity index (χ1) is 11.5. The highest BCUT2D eigenvalue weighted by molar-refractivity contribution is 5.79. The SMILES string of the molecule is CCc1nc([C@H]2CCCN2C(=O)[C@H](C)Cc2c(C)noc2C)no1. The van der Waals surface area contributed by atoms with E-state index in [1.807, 2.05) is 32.6 Å². The van der Waals surface area contributed by atoms with Crippen molar-refractivity contribution in [1.29, 1.82) is 0 Å². The van der Waals surface area contributed by atoms with Gasteiger partial charge in [0.15, 0.2) is 5.82 Å². The molecule has 0 radical (unpaired) electrons. The summed E-state index contributed by atoms with van der Waals surface area (Å²) in [6.45, 7) is 8.47. The standard InChI is InChI=1S/C17H24N4O3/c1-5-15-18-16(20-24-15)14-7-6-8-21(14)17(22)10(2)9-13-11(3)19-23-12(13)4/h10,14H,5-9H2,1-4H3/t10-,14-/m1/s1. The summed E-state index contributed by atoms with van der Waals surface area (Å²) >= 11 is 0. The van der Waals surface area contributed by atoms with E-state index in [0.29, 0.717) is 24.6 Å². The molecule has 3 heterocycles. The van der Waals surface area contributed by atoms with Crippen LogP contribution in [0.5, 0.6) is 0 Å². The minimum atomic E-state index is -0.139. The van der Waals surface area contributed by atoms with Crippen LogP contribution < -0.4 is 0 Å². The van der Waals surface area contributed by atoms with Crippen molar-refractivity contribution in [2.75, 3.05) is 6.54 Å². The molecular formula is C17H24N4O3. The molecule has 1 aliphatic heterocycles. The van der Waals surface area contributed by atoms with Crippen molar-refractivity contribution in [1.82, 2.24) is 20.2 Å². The van der Waals surface area contributed by atoms with Gasteiger partial charge in [-0.2, -0.15) is 4.98 Å². The lowest BCUT2D eigenvalue weighted by molar-refractivity contribution is -0.136. The lowest BCUT2D eigenvalue weighted by Gasteiger charge is -2.25. The van der Waals surface area contributed by atoms with Gasteiger partial charge in [0, 0.05) is 24.4 Å². The molecular weight excluding hydrogens is 308 g/mol. The first-order valence-corrected chi connectivity index (χ1v) is 8.56. The molecule has 0 spiro atoms. The van der Waals surface area contributed by atoms with Crippen molar-refractivity contribution >= 4 is 5.91 Å². The van der Waals surface area contributed by atoms with E-state index in [1.165, 1.54) is 0 Å². The summed E-state index contributed by atoms with van der Waals surface area (Å²) in [7, 11) is 0. The van der Waals surface area contributed by atoms with E-state index in [2.05, 4.69) is 15.3 Å². The average molecular weight is 332 g/mol. The Hall–Kier alpha value is -2.18. The maximum atomic E-state index is 12.9. The summed E-state index contributed by atoms with van der Waals surface area (Å²) in [6, 6.07) is -0.0753. The third-order valence-electron chi connectivity index (χ3n) is 4.73. The summed E-state index contributed by atoms with van der Waals surface area (Å²) in [4.78, 5) is 19.2. The zero-order chi connectivity index (χ0) is 17.3. The fourth-order valence-electron chi connectivity index (χ4n) is 3.32. The van der Waals surface area contributed by atoms with Gasteiger partial charge < -0.3 is 13.9 Å². The van der Waals surface area contributed by atoms with Crippen LogP contribution in [0.3, 0.4) is 0 Å². The Bertz CT molecular complexity index is 702. The summed E-state index contributed by atoms with van der Waals surface area (Å²) < 4.78 is 10.4. The molecule has 24 heavy (non-hydrogen) atoms. The third kappa shape index (κ3) is 3.07. The normalized spacial score (nSPS) is 19.0. The van der Waals surface area contributed by atoms with Crippen molar-refractivity contribution in [2.45, 2.75) is 59.4 Å². The molecule has 7 nitrogen and oxygen atoms in total. The van der Waals surface area contributed by atoms with Crippen molar-refractivity contribution in [2.24, 2.45) is 5.92 Å². The maximum Gasteiger partial charge on any atom is 0.226 e. The Kier molecular flexibility index (Phi) is 4.69. The molecule has 0 bridgehead atoms. The van der Waals surface area contributed by atoms with E-state index in [1.54, 1.807) is 0 Å². The van der Waals surface area contributed by atoms with Gasteiger partial charge in [-0.15, -0.1) is 0 Å². The number of aromatic nitrogens is 3. The molecule has 2 aromatic rings. The number of amides is 1. The number of rotatable bonds is 5. The molecule has 0 aliphatic carbocycles. The van der Waals surface area contributed by atoms with Crippen molar-refractivity contribution in [3.8, 4) is 0 Å². The van der Waals surface area contributed by atoms with Gasteiger partial charge in [-0.05, 0) is 33.1 Å². The molecule has 1 aliphatic rings.